The Labute approximate surface area is 162 Å². The summed E-state index contributed by atoms with van der Waals surface area (Å²) in [7, 11) is 0. The number of amides is 2. The third-order valence-electron chi connectivity index (χ3n) is 5.16. The van der Waals surface area contributed by atoms with Gasteiger partial charge >= 0.3 is 6.03 Å². The zero-order valence-corrected chi connectivity index (χ0v) is 15.4. The van der Waals surface area contributed by atoms with Gasteiger partial charge in [-0.05, 0) is 37.6 Å². The number of fused-ring (bicyclic) bond motifs is 4. The first kappa shape index (κ1) is 16.6. The Bertz CT molecular complexity index is 1040. The van der Waals surface area contributed by atoms with E-state index in [9.17, 15) is 4.79 Å². The Hall–Kier alpha value is -3.55. The third kappa shape index (κ3) is 2.83. The Morgan fingerprint density at radius 1 is 1.18 bits per heavy atom. The summed E-state index contributed by atoms with van der Waals surface area (Å²) in [6.45, 7) is 3.69. The Morgan fingerprint density at radius 2 is 2.11 bits per heavy atom. The van der Waals surface area contributed by atoms with Crippen LogP contribution < -0.4 is 15.1 Å². The smallest absolute Gasteiger partial charge is 0.329 e. The maximum atomic E-state index is 13.1. The molecule has 2 aliphatic rings. The fraction of sp³-hybridized carbons (Fsp3) is 0.250. The summed E-state index contributed by atoms with van der Waals surface area (Å²) < 4.78 is 0. The number of hydrogen-bond acceptors (Lipinski definition) is 6. The predicted molar refractivity (Wildman–Crippen MR) is 106 cm³/mol. The van der Waals surface area contributed by atoms with E-state index >= 15 is 0 Å². The highest BCUT2D eigenvalue weighted by atomic mass is 16.2. The molecule has 8 nitrogen and oxygen atoms in total. The second-order valence-electron chi connectivity index (χ2n) is 7.00. The van der Waals surface area contributed by atoms with Crippen LogP contribution in [0.4, 0.5) is 22.1 Å². The SMILES string of the molecule is Cc1cc(-c2ccc3c(n2)N(C(=O)Nc2cnccn2)[C@@H]2CCN3C2)ccn1. The molecule has 3 aromatic heterocycles. The average Bonchev–Trinajstić information content (AvgIpc) is 3.13. The van der Waals surface area contributed by atoms with Crippen LogP contribution in [0.5, 0.6) is 0 Å². The number of anilines is 3. The fourth-order valence-electron chi connectivity index (χ4n) is 3.87. The number of hydrogen-bond donors (Lipinski definition) is 1. The molecule has 3 aromatic rings. The van der Waals surface area contributed by atoms with E-state index in [0.29, 0.717) is 11.6 Å². The number of pyridine rings is 2. The topological polar surface area (TPSA) is 87.1 Å². The van der Waals surface area contributed by atoms with Gasteiger partial charge in [-0.3, -0.25) is 20.2 Å². The van der Waals surface area contributed by atoms with E-state index in [4.69, 9.17) is 4.98 Å². The molecular formula is C20H19N7O. The largest absolute Gasteiger partial charge is 0.366 e. The molecule has 1 N–H and O–H groups in total. The summed E-state index contributed by atoms with van der Waals surface area (Å²) in [5.41, 5.74) is 3.72. The van der Waals surface area contributed by atoms with E-state index in [1.54, 1.807) is 23.5 Å². The maximum absolute atomic E-state index is 13.1. The molecule has 0 aromatic carbocycles. The molecule has 8 heteroatoms. The minimum atomic E-state index is -0.233. The molecule has 2 amide bonds. The lowest BCUT2D eigenvalue weighted by Crippen LogP contribution is -2.48. The highest BCUT2D eigenvalue weighted by Gasteiger charge is 2.40. The van der Waals surface area contributed by atoms with Crippen molar-refractivity contribution in [2.75, 3.05) is 28.2 Å². The van der Waals surface area contributed by atoms with Crippen molar-refractivity contribution in [1.82, 2.24) is 19.9 Å². The Morgan fingerprint density at radius 3 is 2.93 bits per heavy atom. The van der Waals surface area contributed by atoms with E-state index in [1.165, 1.54) is 6.20 Å². The number of carbonyl (C=O) groups is 1. The van der Waals surface area contributed by atoms with Crippen molar-refractivity contribution in [3.8, 4) is 11.3 Å². The van der Waals surface area contributed by atoms with Gasteiger partial charge in [-0.1, -0.05) is 0 Å². The monoisotopic (exact) mass is 373 g/mol. The van der Waals surface area contributed by atoms with Crippen molar-refractivity contribution in [1.29, 1.82) is 0 Å². The molecule has 0 radical (unpaired) electrons. The zero-order valence-electron chi connectivity index (χ0n) is 15.4. The number of aryl methyl sites for hydroxylation is 1. The summed E-state index contributed by atoms with van der Waals surface area (Å²) in [6.07, 6.45) is 7.35. The second-order valence-corrected chi connectivity index (χ2v) is 7.00. The number of nitrogens with zero attached hydrogens (tertiary/aromatic N) is 6. The van der Waals surface area contributed by atoms with Gasteiger partial charge in [-0.2, -0.15) is 0 Å². The highest BCUT2D eigenvalue weighted by molar-refractivity contribution is 6.04. The van der Waals surface area contributed by atoms with Gasteiger partial charge in [0.1, 0.15) is 0 Å². The number of carbonyl (C=O) groups excluding carboxylic acids is 1. The third-order valence-corrected chi connectivity index (χ3v) is 5.16. The standard InChI is InChI=1S/C20H19N7O/c1-13-10-14(4-6-22-13)16-2-3-17-19(24-16)27(15-5-9-26(17)12-15)20(28)25-18-11-21-7-8-23-18/h2-4,6-8,10-11,15H,5,9,12H2,1H3,(H,23,25,28)/t15-/m1/s1. The molecule has 2 bridgehead atoms. The van der Waals surface area contributed by atoms with E-state index in [0.717, 1.165) is 42.1 Å². The Balaban J connectivity index is 1.54. The molecule has 0 aliphatic carbocycles. The first-order chi connectivity index (χ1) is 13.7. The molecule has 5 heterocycles. The second kappa shape index (κ2) is 6.56. The van der Waals surface area contributed by atoms with Gasteiger partial charge in [0.2, 0.25) is 0 Å². The van der Waals surface area contributed by atoms with Gasteiger partial charge in [0, 0.05) is 42.9 Å². The lowest BCUT2D eigenvalue weighted by atomic mass is 10.1. The van der Waals surface area contributed by atoms with Gasteiger partial charge in [0.05, 0.1) is 23.6 Å². The highest BCUT2D eigenvalue weighted by Crippen LogP contribution is 2.40. The van der Waals surface area contributed by atoms with E-state index in [2.05, 4.69) is 31.2 Å². The van der Waals surface area contributed by atoms with Crippen molar-refractivity contribution >= 4 is 23.4 Å². The average molecular weight is 373 g/mol. The quantitative estimate of drug-likeness (QED) is 0.743. The van der Waals surface area contributed by atoms with Gasteiger partial charge in [-0.25, -0.2) is 14.8 Å². The van der Waals surface area contributed by atoms with Crippen molar-refractivity contribution in [3.05, 3.63) is 54.7 Å². The number of rotatable bonds is 2. The van der Waals surface area contributed by atoms with E-state index in [-0.39, 0.29) is 12.1 Å². The van der Waals surface area contributed by atoms with Gasteiger partial charge in [-0.15, -0.1) is 0 Å². The molecule has 0 spiro atoms. The first-order valence-electron chi connectivity index (χ1n) is 9.24. The first-order valence-corrected chi connectivity index (χ1v) is 9.24. The normalized spacial score (nSPS) is 17.4. The molecule has 1 fully saturated rings. The van der Waals surface area contributed by atoms with Crippen LogP contribution >= 0.6 is 0 Å². The van der Waals surface area contributed by atoms with Crippen molar-refractivity contribution < 1.29 is 4.79 Å². The van der Waals surface area contributed by atoms with Crippen LogP contribution in [-0.4, -0.2) is 45.1 Å². The number of aromatic nitrogens is 4. The van der Waals surface area contributed by atoms with E-state index < -0.39 is 0 Å². The molecule has 5 rings (SSSR count). The summed E-state index contributed by atoms with van der Waals surface area (Å²) in [5.74, 6) is 1.11. The maximum Gasteiger partial charge on any atom is 0.329 e. The van der Waals surface area contributed by atoms with Crippen LogP contribution in [-0.2, 0) is 0 Å². The summed E-state index contributed by atoms with van der Waals surface area (Å²) in [4.78, 5) is 34.4. The zero-order chi connectivity index (χ0) is 19.1. The van der Waals surface area contributed by atoms with Crippen molar-refractivity contribution in [2.45, 2.75) is 19.4 Å². The van der Waals surface area contributed by atoms with Crippen LogP contribution in [0, 0.1) is 6.92 Å². The van der Waals surface area contributed by atoms with Crippen LogP contribution in [0.1, 0.15) is 12.1 Å². The van der Waals surface area contributed by atoms with Gasteiger partial charge in [0.25, 0.3) is 0 Å². The number of nitrogens with one attached hydrogen (secondary N) is 1. The molecule has 0 unspecified atom stereocenters. The molecule has 1 atom stereocenters. The molecule has 0 saturated carbocycles. The van der Waals surface area contributed by atoms with Crippen LogP contribution in [0.25, 0.3) is 11.3 Å². The molecule has 28 heavy (non-hydrogen) atoms. The predicted octanol–water partition coefficient (Wildman–Crippen LogP) is 2.87. The summed E-state index contributed by atoms with van der Waals surface area (Å²) in [5, 5.41) is 2.85. The minimum Gasteiger partial charge on any atom is -0.366 e. The summed E-state index contributed by atoms with van der Waals surface area (Å²) >= 11 is 0. The lowest BCUT2D eigenvalue weighted by Gasteiger charge is -2.35. The number of urea groups is 1. The Kier molecular flexibility index (Phi) is 3.89. The van der Waals surface area contributed by atoms with Crippen LogP contribution in [0.3, 0.4) is 0 Å². The van der Waals surface area contributed by atoms with Crippen LogP contribution in [0.2, 0.25) is 0 Å². The molecule has 140 valence electrons. The van der Waals surface area contributed by atoms with E-state index in [1.807, 2.05) is 25.1 Å². The molecule has 2 aliphatic heterocycles. The molecule has 1 saturated heterocycles. The van der Waals surface area contributed by atoms with Crippen molar-refractivity contribution in [3.63, 3.8) is 0 Å². The van der Waals surface area contributed by atoms with Crippen LogP contribution in [0.15, 0.2) is 49.1 Å². The lowest BCUT2D eigenvalue weighted by molar-refractivity contribution is 0.254. The van der Waals surface area contributed by atoms with Gasteiger partial charge < -0.3 is 4.90 Å². The minimum absolute atomic E-state index is 0.0890. The van der Waals surface area contributed by atoms with Crippen molar-refractivity contribution in [2.24, 2.45) is 0 Å². The fourth-order valence-corrected chi connectivity index (χ4v) is 3.87. The summed E-state index contributed by atoms with van der Waals surface area (Å²) in [6, 6.07) is 7.84. The molecular weight excluding hydrogens is 354 g/mol. The van der Waals surface area contributed by atoms with Gasteiger partial charge in [0.15, 0.2) is 11.6 Å².